The first kappa shape index (κ1) is 19.5. The zero-order valence-electron chi connectivity index (χ0n) is 17.5. The summed E-state index contributed by atoms with van der Waals surface area (Å²) in [6.07, 6.45) is 5.42. The molecule has 1 aliphatic heterocycles. The van der Waals surface area contributed by atoms with E-state index in [-0.39, 0.29) is 5.97 Å². The van der Waals surface area contributed by atoms with Crippen LogP contribution in [0.2, 0.25) is 0 Å². The highest BCUT2D eigenvalue weighted by Crippen LogP contribution is 2.39. The van der Waals surface area contributed by atoms with Crippen molar-refractivity contribution in [2.24, 2.45) is 5.92 Å². The Balaban J connectivity index is 1.53. The number of para-hydroxylation sites is 1. The molecule has 5 nitrogen and oxygen atoms in total. The third kappa shape index (κ3) is 3.25. The molecule has 5 heteroatoms. The summed E-state index contributed by atoms with van der Waals surface area (Å²) < 4.78 is 12.9. The number of ether oxygens (including phenoxy) is 2. The van der Waals surface area contributed by atoms with Crippen molar-refractivity contribution in [3.8, 4) is 0 Å². The summed E-state index contributed by atoms with van der Waals surface area (Å²) in [5, 5.41) is 0.999. The Morgan fingerprint density at radius 1 is 1.11 bits per heavy atom. The first-order valence-electron chi connectivity index (χ1n) is 10.5. The summed E-state index contributed by atoms with van der Waals surface area (Å²) in [6, 6.07) is 9.29. The number of likely N-dealkylation sites (tertiary alicyclic amines) is 1. The summed E-state index contributed by atoms with van der Waals surface area (Å²) in [4.78, 5) is 15.0. The van der Waals surface area contributed by atoms with Gasteiger partial charge in [-0.2, -0.15) is 0 Å². The molecule has 1 saturated carbocycles. The number of hydrogen-bond acceptors (Lipinski definition) is 4. The molecule has 1 aromatic carbocycles. The molecule has 2 heterocycles. The van der Waals surface area contributed by atoms with E-state index in [1.807, 2.05) is 19.2 Å². The monoisotopic (exact) mass is 384 g/mol. The van der Waals surface area contributed by atoms with E-state index in [9.17, 15) is 4.79 Å². The number of rotatable bonds is 5. The molecule has 152 valence electrons. The molecule has 2 aromatic rings. The number of fused-ring (bicyclic) bond motifs is 1. The first-order valence-corrected chi connectivity index (χ1v) is 10.5. The third-order valence-electron chi connectivity index (χ3n) is 7.10. The molecule has 0 N–H and O–H groups in total. The summed E-state index contributed by atoms with van der Waals surface area (Å²) >= 11 is 0. The highest BCUT2D eigenvalue weighted by Gasteiger charge is 2.36. The van der Waals surface area contributed by atoms with Gasteiger partial charge in [-0.05, 0) is 51.5 Å². The lowest BCUT2D eigenvalue weighted by atomic mass is 9.80. The molecule has 1 aromatic heterocycles. The third-order valence-corrected chi connectivity index (χ3v) is 7.10. The van der Waals surface area contributed by atoms with Crippen molar-refractivity contribution in [3.05, 3.63) is 35.5 Å². The molecule has 1 saturated heterocycles. The average molecular weight is 385 g/mol. The van der Waals surface area contributed by atoms with Crippen LogP contribution in [0.15, 0.2) is 24.3 Å². The highest BCUT2D eigenvalue weighted by atomic mass is 16.5. The Bertz CT molecular complexity index is 845. The van der Waals surface area contributed by atoms with Crippen LogP contribution >= 0.6 is 0 Å². The fourth-order valence-corrected chi connectivity index (χ4v) is 5.35. The van der Waals surface area contributed by atoms with Crippen LogP contribution in [0.4, 0.5) is 0 Å². The predicted octanol–water partition coefficient (Wildman–Crippen LogP) is 4.19. The van der Waals surface area contributed by atoms with E-state index in [2.05, 4.69) is 35.4 Å². The highest BCUT2D eigenvalue weighted by molar-refractivity contribution is 6.05. The molecular weight excluding hydrogens is 352 g/mol. The van der Waals surface area contributed by atoms with E-state index in [1.165, 1.54) is 32.8 Å². The zero-order valence-corrected chi connectivity index (χ0v) is 17.5. The SMILES string of the molecule is COC(=O)c1c(C)n([C@H](C)C2CCC(N3CC(OC)C3)CC2)c2ccccc12. The van der Waals surface area contributed by atoms with E-state index in [1.54, 1.807) is 0 Å². The Morgan fingerprint density at radius 3 is 2.43 bits per heavy atom. The zero-order chi connectivity index (χ0) is 19.8. The van der Waals surface area contributed by atoms with Crippen LogP contribution in [-0.4, -0.2) is 54.9 Å². The molecule has 0 spiro atoms. The van der Waals surface area contributed by atoms with Crippen molar-refractivity contribution < 1.29 is 14.3 Å². The largest absolute Gasteiger partial charge is 0.465 e. The summed E-state index contributed by atoms with van der Waals surface area (Å²) in [6.45, 7) is 6.55. The van der Waals surface area contributed by atoms with Gasteiger partial charge in [0.2, 0.25) is 0 Å². The van der Waals surface area contributed by atoms with Crippen LogP contribution in [0.1, 0.15) is 54.7 Å². The summed E-state index contributed by atoms with van der Waals surface area (Å²) in [5.41, 5.74) is 2.87. The second-order valence-electron chi connectivity index (χ2n) is 8.46. The van der Waals surface area contributed by atoms with Crippen LogP contribution in [-0.2, 0) is 9.47 Å². The summed E-state index contributed by atoms with van der Waals surface area (Å²) in [5.74, 6) is 0.393. The van der Waals surface area contributed by atoms with Gasteiger partial charge >= 0.3 is 5.97 Å². The number of carbonyl (C=O) groups is 1. The minimum atomic E-state index is -0.242. The molecule has 0 amide bonds. The molecule has 2 aliphatic rings. The Hall–Kier alpha value is -1.85. The molecule has 2 fully saturated rings. The second kappa shape index (κ2) is 7.88. The van der Waals surface area contributed by atoms with Crippen molar-refractivity contribution >= 4 is 16.9 Å². The Kier molecular flexibility index (Phi) is 5.48. The minimum Gasteiger partial charge on any atom is -0.465 e. The molecule has 1 atom stereocenters. The van der Waals surface area contributed by atoms with Crippen LogP contribution in [0, 0.1) is 12.8 Å². The van der Waals surface area contributed by atoms with Gasteiger partial charge in [-0.1, -0.05) is 18.2 Å². The van der Waals surface area contributed by atoms with E-state index in [0.29, 0.717) is 29.7 Å². The second-order valence-corrected chi connectivity index (χ2v) is 8.46. The smallest absolute Gasteiger partial charge is 0.340 e. The molecule has 1 aliphatic carbocycles. The van der Waals surface area contributed by atoms with Gasteiger partial charge in [-0.25, -0.2) is 4.79 Å². The quantitative estimate of drug-likeness (QED) is 0.725. The van der Waals surface area contributed by atoms with Crippen molar-refractivity contribution in [1.29, 1.82) is 0 Å². The number of nitrogens with zero attached hydrogens (tertiary/aromatic N) is 2. The topological polar surface area (TPSA) is 43.7 Å². The van der Waals surface area contributed by atoms with Crippen molar-refractivity contribution in [3.63, 3.8) is 0 Å². The Morgan fingerprint density at radius 2 is 1.79 bits per heavy atom. The Labute approximate surface area is 167 Å². The van der Waals surface area contributed by atoms with Gasteiger partial charge < -0.3 is 14.0 Å². The minimum absolute atomic E-state index is 0.242. The van der Waals surface area contributed by atoms with Gasteiger partial charge in [-0.15, -0.1) is 0 Å². The molecule has 0 bridgehead atoms. The number of benzene rings is 1. The molecule has 0 unspecified atom stereocenters. The molecule has 0 radical (unpaired) electrons. The molecule has 28 heavy (non-hydrogen) atoms. The molecule has 4 rings (SSSR count). The summed E-state index contributed by atoms with van der Waals surface area (Å²) in [7, 11) is 3.27. The normalized spacial score (nSPS) is 24.9. The van der Waals surface area contributed by atoms with Crippen molar-refractivity contribution in [2.45, 2.75) is 57.7 Å². The maximum Gasteiger partial charge on any atom is 0.340 e. The van der Waals surface area contributed by atoms with E-state index >= 15 is 0 Å². The van der Waals surface area contributed by atoms with Gasteiger partial charge in [0.1, 0.15) is 0 Å². The number of carbonyl (C=O) groups excluding carboxylic acids is 1. The van der Waals surface area contributed by atoms with E-state index in [0.717, 1.165) is 29.7 Å². The van der Waals surface area contributed by atoms with Gasteiger partial charge in [0.05, 0.1) is 18.8 Å². The number of aromatic nitrogens is 1. The van der Waals surface area contributed by atoms with E-state index in [4.69, 9.17) is 9.47 Å². The van der Waals surface area contributed by atoms with E-state index < -0.39 is 0 Å². The molecular formula is C23H32N2O3. The lowest BCUT2D eigenvalue weighted by Gasteiger charge is -2.46. The van der Waals surface area contributed by atoms with Crippen LogP contribution < -0.4 is 0 Å². The fourth-order valence-electron chi connectivity index (χ4n) is 5.35. The fraction of sp³-hybridized carbons (Fsp3) is 0.609. The maximum absolute atomic E-state index is 12.4. The standard InChI is InChI=1S/C23H32N2O3/c1-15(17-9-11-18(12-10-17)24-13-19(14-24)27-3)25-16(2)22(23(26)28-4)20-7-5-6-8-21(20)25/h5-8,15,17-19H,9-14H2,1-4H3/t15-,17?,18?/m1/s1. The predicted molar refractivity (Wildman–Crippen MR) is 111 cm³/mol. The van der Waals surface area contributed by atoms with Crippen LogP contribution in [0.3, 0.4) is 0 Å². The van der Waals surface area contributed by atoms with Crippen LogP contribution in [0.25, 0.3) is 10.9 Å². The maximum atomic E-state index is 12.4. The van der Waals surface area contributed by atoms with Gasteiger partial charge in [0, 0.05) is 48.9 Å². The van der Waals surface area contributed by atoms with Gasteiger partial charge in [-0.3, -0.25) is 4.90 Å². The number of hydrogen-bond donors (Lipinski definition) is 0. The lowest BCUT2D eigenvalue weighted by molar-refractivity contribution is -0.0605. The van der Waals surface area contributed by atoms with Crippen molar-refractivity contribution in [2.75, 3.05) is 27.3 Å². The number of esters is 1. The van der Waals surface area contributed by atoms with Crippen LogP contribution in [0.5, 0.6) is 0 Å². The number of methoxy groups -OCH3 is 2. The van der Waals surface area contributed by atoms with Gasteiger partial charge in [0.25, 0.3) is 0 Å². The first-order chi connectivity index (χ1) is 13.5. The van der Waals surface area contributed by atoms with Gasteiger partial charge in [0.15, 0.2) is 0 Å². The average Bonchev–Trinajstić information content (AvgIpc) is 2.98. The lowest BCUT2D eigenvalue weighted by Crippen LogP contribution is -2.56. The van der Waals surface area contributed by atoms with Crippen molar-refractivity contribution in [1.82, 2.24) is 9.47 Å².